The lowest BCUT2D eigenvalue weighted by atomic mass is 9.33. The Morgan fingerprint density at radius 1 is 0.364 bits per heavy atom. The van der Waals surface area contributed by atoms with Gasteiger partial charge in [0.2, 0.25) is 0 Å². The summed E-state index contributed by atoms with van der Waals surface area (Å²) >= 11 is 0. The van der Waals surface area contributed by atoms with Crippen LogP contribution in [0.15, 0.2) is 152 Å². The van der Waals surface area contributed by atoms with Crippen LogP contribution >= 0.6 is 0 Å². The molecule has 4 aliphatic carbocycles. The third kappa shape index (κ3) is 3.82. The molecule has 0 unspecified atom stereocenters. The molecule has 55 heavy (non-hydrogen) atoms. The molecule has 0 saturated heterocycles. The Hall–Kier alpha value is -5.80. The second-order valence-corrected chi connectivity index (χ2v) is 17.1. The fourth-order valence-corrected chi connectivity index (χ4v) is 12.6. The van der Waals surface area contributed by atoms with Crippen molar-refractivity contribution < 1.29 is 0 Å². The van der Waals surface area contributed by atoms with Gasteiger partial charge in [0.25, 0.3) is 6.71 Å². The van der Waals surface area contributed by atoms with Gasteiger partial charge in [0.15, 0.2) is 0 Å². The first-order valence-corrected chi connectivity index (χ1v) is 20.7. The minimum atomic E-state index is 0.139. The normalized spacial score (nSPS) is 18.1. The molecule has 0 atom stereocenters. The van der Waals surface area contributed by atoms with Crippen molar-refractivity contribution >= 4 is 57.2 Å². The maximum atomic E-state index is 2.57. The molecule has 7 aromatic carbocycles. The fourth-order valence-electron chi connectivity index (χ4n) is 12.6. The lowest BCUT2D eigenvalue weighted by Crippen LogP contribution is -2.61. The molecule has 2 aliphatic heterocycles. The van der Waals surface area contributed by atoms with Gasteiger partial charge in [0, 0.05) is 45.0 Å². The first-order valence-electron chi connectivity index (χ1n) is 20.7. The highest BCUT2D eigenvalue weighted by Gasteiger charge is 2.48. The maximum Gasteiger partial charge on any atom is 0.252 e. The Labute approximate surface area is 324 Å². The average molecular weight is 705 g/mol. The first-order chi connectivity index (χ1) is 27.3. The van der Waals surface area contributed by atoms with Crippen LogP contribution in [0.3, 0.4) is 0 Å². The molecule has 262 valence electrons. The minimum absolute atomic E-state index is 0.139. The zero-order chi connectivity index (χ0) is 35.9. The van der Waals surface area contributed by atoms with Crippen molar-refractivity contribution in [2.75, 3.05) is 9.80 Å². The Kier molecular flexibility index (Phi) is 6.06. The smallest absolute Gasteiger partial charge is 0.252 e. The van der Waals surface area contributed by atoms with Gasteiger partial charge < -0.3 is 9.80 Å². The molecular formula is C52H41BN2. The summed E-state index contributed by atoms with van der Waals surface area (Å²) in [6.07, 6.45) is 10.2. The number of para-hydroxylation sites is 2. The lowest BCUT2D eigenvalue weighted by Gasteiger charge is -2.44. The molecule has 3 heteroatoms. The van der Waals surface area contributed by atoms with E-state index in [1.807, 2.05) is 0 Å². The summed E-state index contributed by atoms with van der Waals surface area (Å²) in [5.74, 6) is 0. The van der Waals surface area contributed by atoms with E-state index in [0.29, 0.717) is 0 Å². The summed E-state index contributed by atoms with van der Waals surface area (Å²) in [6, 6.07) is 58.8. The number of benzene rings is 7. The van der Waals surface area contributed by atoms with E-state index in [1.165, 1.54) is 135 Å². The third-order valence-electron chi connectivity index (χ3n) is 14.7. The van der Waals surface area contributed by atoms with Crippen molar-refractivity contribution in [3.63, 3.8) is 0 Å². The van der Waals surface area contributed by atoms with E-state index in [4.69, 9.17) is 0 Å². The topological polar surface area (TPSA) is 6.48 Å². The summed E-state index contributed by atoms with van der Waals surface area (Å²) in [5, 5.41) is 0. The Balaban J connectivity index is 1.02. The molecule has 2 nitrogen and oxygen atoms in total. The molecule has 2 saturated carbocycles. The van der Waals surface area contributed by atoms with E-state index in [2.05, 4.69) is 161 Å². The standard InChI is InChI=1S/C52H41BN2/c1-3-16-40-36(14-1)38-32-34(24-26-42(38)51(40)28-9-10-29-51)54-46-20-7-5-18-44(46)53-45-19-6-8-21-47(45)55(49-23-13-22-48(54)50(49)53)35-25-27-43-39(33-35)37-15-2-4-17-41(37)52(43)30-11-12-31-52/h1-8,13-27,32-33H,9-12,28-31H2. The number of anilines is 6. The largest absolute Gasteiger partial charge is 0.311 e. The molecule has 0 amide bonds. The quantitative estimate of drug-likeness (QED) is 0.165. The van der Waals surface area contributed by atoms with Crippen molar-refractivity contribution in [1.29, 1.82) is 0 Å². The summed E-state index contributed by atoms with van der Waals surface area (Å²) in [5.41, 5.74) is 23.9. The molecule has 0 radical (unpaired) electrons. The zero-order valence-corrected chi connectivity index (χ0v) is 31.1. The van der Waals surface area contributed by atoms with Crippen LogP contribution in [0.5, 0.6) is 0 Å². The number of rotatable bonds is 2. The van der Waals surface area contributed by atoms with Crippen molar-refractivity contribution in [2.45, 2.75) is 62.2 Å². The van der Waals surface area contributed by atoms with Crippen molar-refractivity contribution in [1.82, 2.24) is 0 Å². The van der Waals surface area contributed by atoms with Gasteiger partial charge >= 0.3 is 0 Å². The van der Waals surface area contributed by atoms with Gasteiger partial charge in [-0.25, -0.2) is 0 Å². The molecule has 2 heterocycles. The number of hydrogen-bond acceptors (Lipinski definition) is 2. The van der Waals surface area contributed by atoms with E-state index in [0.717, 1.165) is 0 Å². The van der Waals surface area contributed by atoms with Crippen LogP contribution in [0.2, 0.25) is 0 Å². The van der Waals surface area contributed by atoms with Crippen LogP contribution in [0, 0.1) is 0 Å². The minimum Gasteiger partial charge on any atom is -0.311 e. The fraction of sp³-hybridized carbons (Fsp3) is 0.192. The van der Waals surface area contributed by atoms with Crippen LogP contribution in [-0.2, 0) is 10.8 Å². The van der Waals surface area contributed by atoms with Gasteiger partial charge in [-0.05, 0) is 135 Å². The van der Waals surface area contributed by atoms with Crippen molar-refractivity contribution in [2.24, 2.45) is 0 Å². The summed E-state index contributed by atoms with van der Waals surface area (Å²) in [7, 11) is 0. The van der Waals surface area contributed by atoms with Crippen molar-refractivity contribution in [3.8, 4) is 22.3 Å². The van der Waals surface area contributed by atoms with E-state index >= 15 is 0 Å². The van der Waals surface area contributed by atoms with Crippen LogP contribution in [0.25, 0.3) is 22.3 Å². The monoisotopic (exact) mass is 704 g/mol. The van der Waals surface area contributed by atoms with E-state index in [9.17, 15) is 0 Å². The van der Waals surface area contributed by atoms with Crippen LogP contribution in [-0.4, -0.2) is 6.71 Å². The Bertz CT molecular complexity index is 2580. The van der Waals surface area contributed by atoms with Crippen LogP contribution in [0.4, 0.5) is 34.1 Å². The van der Waals surface area contributed by atoms with Gasteiger partial charge in [-0.15, -0.1) is 0 Å². The van der Waals surface area contributed by atoms with Gasteiger partial charge in [-0.1, -0.05) is 129 Å². The molecule has 0 aromatic heterocycles. The molecule has 2 fully saturated rings. The maximum absolute atomic E-state index is 2.57. The summed E-state index contributed by atoms with van der Waals surface area (Å²) in [6.45, 7) is 0.139. The highest BCUT2D eigenvalue weighted by Crippen LogP contribution is 2.59. The molecule has 0 N–H and O–H groups in total. The Morgan fingerprint density at radius 3 is 1.25 bits per heavy atom. The van der Waals surface area contributed by atoms with Gasteiger partial charge in [-0.2, -0.15) is 0 Å². The molecule has 2 spiro atoms. The number of fused-ring (bicyclic) bond motifs is 14. The number of nitrogens with zero attached hydrogens (tertiary/aromatic N) is 2. The van der Waals surface area contributed by atoms with E-state index in [1.54, 1.807) is 11.1 Å². The average Bonchev–Trinajstić information content (AvgIpc) is 4.05. The molecule has 6 aliphatic rings. The predicted octanol–water partition coefficient (Wildman–Crippen LogP) is 11.5. The zero-order valence-electron chi connectivity index (χ0n) is 31.1. The van der Waals surface area contributed by atoms with Crippen molar-refractivity contribution in [3.05, 3.63) is 174 Å². The molecule has 7 aromatic rings. The SMILES string of the molecule is c1ccc2c(c1)B1c3ccccc3N(c3ccc4c(c3)-c3ccccc3C43CCCC3)c3cccc(c31)N2c1ccc2c(c1)-c1ccccc1C21CCCC1. The third-order valence-corrected chi connectivity index (χ3v) is 14.7. The molecular weight excluding hydrogens is 663 g/mol. The molecule has 0 bridgehead atoms. The predicted molar refractivity (Wildman–Crippen MR) is 230 cm³/mol. The summed E-state index contributed by atoms with van der Waals surface area (Å²) in [4.78, 5) is 5.14. The highest BCUT2D eigenvalue weighted by atomic mass is 15.2. The van der Waals surface area contributed by atoms with Crippen LogP contribution < -0.4 is 26.2 Å². The van der Waals surface area contributed by atoms with Gasteiger partial charge in [-0.3, -0.25) is 0 Å². The highest BCUT2D eigenvalue weighted by molar-refractivity contribution is 7.00. The second kappa shape index (κ2) is 10.9. The first kappa shape index (κ1) is 30.5. The Morgan fingerprint density at radius 2 is 0.764 bits per heavy atom. The van der Waals surface area contributed by atoms with Crippen LogP contribution in [0.1, 0.15) is 73.6 Å². The number of hydrogen-bond donors (Lipinski definition) is 0. The van der Waals surface area contributed by atoms with E-state index < -0.39 is 0 Å². The van der Waals surface area contributed by atoms with E-state index in [-0.39, 0.29) is 17.5 Å². The van der Waals surface area contributed by atoms with Gasteiger partial charge in [0.05, 0.1) is 0 Å². The second-order valence-electron chi connectivity index (χ2n) is 17.1. The molecule has 13 rings (SSSR count). The lowest BCUT2D eigenvalue weighted by molar-refractivity contribution is 0.550. The summed E-state index contributed by atoms with van der Waals surface area (Å²) < 4.78 is 0. The van der Waals surface area contributed by atoms with Gasteiger partial charge in [0.1, 0.15) is 0 Å².